The predicted molar refractivity (Wildman–Crippen MR) is 70.1 cm³/mol. The SMILES string of the molecule is CCCC1CC1NC(=O)c1cc(N)ccc1Cl. The van der Waals surface area contributed by atoms with Gasteiger partial charge in [-0.2, -0.15) is 0 Å². The second-order valence-corrected chi connectivity index (χ2v) is 5.01. The molecule has 0 bridgehead atoms. The van der Waals surface area contributed by atoms with Crippen LogP contribution in [-0.2, 0) is 0 Å². The summed E-state index contributed by atoms with van der Waals surface area (Å²) in [6, 6.07) is 5.28. The quantitative estimate of drug-likeness (QED) is 0.810. The normalized spacial score (nSPS) is 22.2. The molecular formula is C13H17ClN2O. The summed E-state index contributed by atoms with van der Waals surface area (Å²) < 4.78 is 0. The molecule has 0 radical (unpaired) electrons. The smallest absolute Gasteiger partial charge is 0.253 e. The molecule has 17 heavy (non-hydrogen) atoms. The van der Waals surface area contributed by atoms with Crippen molar-refractivity contribution in [3.63, 3.8) is 0 Å². The Morgan fingerprint density at radius 3 is 3.06 bits per heavy atom. The Kier molecular flexibility index (Phi) is 3.57. The van der Waals surface area contributed by atoms with Crippen LogP contribution in [-0.4, -0.2) is 11.9 Å². The van der Waals surface area contributed by atoms with Crippen molar-refractivity contribution >= 4 is 23.2 Å². The van der Waals surface area contributed by atoms with E-state index in [2.05, 4.69) is 12.2 Å². The van der Waals surface area contributed by atoms with E-state index in [1.54, 1.807) is 18.2 Å². The number of rotatable bonds is 4. The van der Waals surface area contributed by atoms with Gasteiger partial charge in [0.05, 0.1) is 10.6 Å². The lowest BCUT2D eigenvalue weighted by molar-refractivity contribution is 0.0949. The summed E-state index contributed by atoms with van der Waals surface area (Å²) in [6.45, 7) is 2.16. The van der Waals surface area contributed by atoms with E-state index in [9.17, 15) is 4.79 Å². The van der Waals surface area contributed by atoms with Gasteiger partial charge >= 0.3 is 0 Å². The number of nitrogen functional groups attached to an aromatic ring is 1. The lowest BCUT2D eigenvalue weighted by Crippen LogP contribution is -2.27. The number of hydrogen-bond acceptors (Lipinski definition) is 2. The molecule has 3 N–H and O–H groups in total. The Bertz CT molecular complexity index is 433. The molecule has 1 fully saturated rings. The molecule has 0 spiro atoms. The van der Waals surface area contributed by atoms with E-state index >= 15 is 0 Å². The van der Waals surface area contributed by atoms with Crippen LogP contribution in [0, 0.1) is 5.92 Å². The average Bonchev–Trinajstić information content (AvgIpc) is 3.00. The molecule has 1 aliphatic carbocycles. The van der Waals surface area contributed by atoms with Gasteiger partial charge in [-0.3, -0.25) is 4.79 Å². The Labute approximate surface area is 106 Å². The maximum Gasteiger partial charge on any atom is 0.253 e. The van der Waals surface area contributed by atoms with E-state index in [1.807, 2.05) is 0 Å². The van der Waals surface area contributed by atoms with Crippen LogP contribution < -0.4 is 11.1 Å². The zero-order chi connectivity index (χ0) is 12.4. The number of nitrogens with two attached hydrogens (primary N) is 1. The zero-order valence-electron chi connectivity index (χ0n) is 9.87. The highest BCUT2D eigenvalue weighted by Crippen LogP contribution is 2.35. The van der Waals surface area contributed by atoms with Gasteiger partial charge in [-0.15, -0.1) is 0 Å². The van der Waals surface area contributed by atoms with Gasteiger partial charge in [0.15, 0.2) is 0 Å². The van der Waals surface area contributed by atoms with E-state index in [0.717, 1.165) is 12.8 Å². The number of anilines is 1. The number of halogens is 1. The number of carbonyl (C=O) groups is 1. The van der Waals surface area contributed by atoms with Crippen LogP contribution in [0.25, 0.3) is 0 Å². The summed E-state index contributed by atoms with van der Waals surface area (Å²) in [7, 11) is 0. The number of hydrogen-bond donors (Lipinski definition) is 2. The molecule has 2 unspecified atom stereocenters. The molecule has 3 nitrogen and oxygen atoms in total. The third kappa shape index (κ3) is 2.91. The number of nitrogens with one attached hydrogen (secondary N) is 1. The minimum atomic E-state index is -0.120. The van der Waals surface area contributed by atoms with Gasteiger partial charge in [-0.1, -0.05) is 24.9 Å². The van der Waals surface area contributed by atoms with Crippen LogP contribution in [0.3, 0.4) is 0 Å². The van der Waals surface area contributed by atoms with E-state index in [0.29, 0.717) is 28.2 Å². The van der Waals surface area contributed by atoms with Crippen molar-refractivity contribution in [1.29, 1.82) is 0 Å². The van der Waals surface area contributed by atoms with E-state index < -0.39 is 0 Å². The first-order valence-electron chi connectivity index (χ1n) is 5.97. The monoisotopic (exact) mass is 252 g/mol. The standard InChI is InChI=1S/C13H17ClN2O/c1-2-3-8-6-12(8)16-13(17)10-7-9(15)4-5-11(10)14/h4-5,7-8,12H,2-3,6,15H2,1H3,(H,16,17). The molecule has 0 aliphatic heterocycles. The van der Waals surface area contributed by atoms with Crippen LogP contribution in [0.5, 0.6) is 0 Å². The highest BCUT2D eigenvalue weighted by molar-refractivity contribution is 6.34. The van der Waals surface area contributed by atoms with Gasteiger partial charge in [-0.25, -0.2) is 0 Å². The molecule has 2 atom stereocenters. The lowest BCUT2D eigenvalue weighted by atomic mass is 10.2. The molecule has 2 rings (SSSR count). The molecule has 1 aliphatic rings. The largest absolute Gasteiger partial charge is 0.399 e. The Morgan fingerprint density at radius 1 is 1.59 bits per heavy atom. The first-order valence-corrected chi connectivity index (χ1v) is 6.35. The maximum absolute atomic E-state index is 12.0. The van der Waals surface area contributed by atoms with Crippen molar-refractivity contribution in [3.05, 3.63) is 28.8 Å². The topological polar surface area (TPSA) is 55.1 Å². The third-order valence-electron chi connectivity index (χ3n) is 3.13. The van der Waals surface area contributed by atoms with Crippen molar-refractivity contribution in [2.24, 2.45) is 5.92 Å². The Balaban J connectivity index is 1.98. The second-order valence-electron chi connectivity index (χ2n) is 4.60. The van der Waals surface area contributed by atoms with Crippen LogP contribution in [0.2, 0.25) is 5.02 Å². The molecule has 1 saturated carbocycles. The minimum Gasteiger partial charge on any atom is -0.399 e. The summed E-state index contributed by atoms with van der Waals surface area (Å²) in [6.07, 6.45) is 3.42. The van der Waals surface area contributed by atoms with Crippen LogP contribution in [0.1, 0.15) is 36.5 Å². The van der Waals surface area contributed by atoms with E-state index in [4.69, 9.17) is 17.3 Å². The van der Waals surface area contributed by atoms with E-state index in [-0.39, 0.29) is 5.91 Å². The van der Waals surface area contributed by atoms with Crippen molar-refractivity contribution in [1.82, 2.24) is 5.32 Å². The summed E-state index contributed by atoms with van der Waals surface area (Å²) >= 11 is 5.98. The van der Waals surface area contributed by atoms with Gasteiger partial charge in [-0.05, 0) is 37.0 Å². The molecule has 1 aromatic carbocycles. The van der Waals surface area contributed by atoms with Crippen LogP contribution in [0.4, 0.5) is 5.69 Å². The Hall–Kier alpha value is -1.22. The highest BCUT2D eigenvalue weighted by Gasteiger charge is 2.37. The molecule has 0 aromatic heterocycles. The predicted octanol–water partition coefficient (Wildman–Crippen LogP) is 2.84. The first-order chi connectivity index (χ1) is 8.11. The number of carbonyl (C=O) groups excluding carboxylic acids is 1. The maximum atomic E-state index is 12.0. The van der Waals surface area contributed by atoms with Crippen LogP contribution in [0.15, 0.2) is 18.2 Å². The van der Waals surface area contributed by atoms with Crippen molar-refractivity contribution in [2.45, 2.75) is 32.2 Å². The number of amides is 1. The highest BCUT2D eigenvalue weighted by atomic mass is 35.5. The summed E-state index contributed by atoms with van der Waals surface area (Å²) in [4.78, 5) is 12.0. The third-order valence-corrected chi connectivity index (χ3v) is 3.46. The second kappa shape index (κ2) is 4.96. The fraction of sp³-hybridized carbons (Fsp3) is 0.462. The molecule has 0 heterocycles. The van der Waals surface area contributed by atoms with Gasteiger partial charge in [0.2, 0.25) is 0 Å². The van der Waals surface area contributed by atoms with Crippen molar-refractivity contribution in [3.8, 4) is 0 Å². The first kappa shape index (κ1) is 12.2. The summed E-state index contributed by atoms with van der Waals surface area (Å²) in [5, 5.41) is 3.44. The van der Waals surface area contributed by atoms with Gasteiger partial charge in [0, 0.05) is 11.7 Å². The summed E-state index contributed by atoms with van der Waals surface area (Å²) in [5.74, 6) is 0.523. The lowest BCUT2D eigenvalue weighted by Gasteiger charge is -2.07. The zero-order valence-corrected chi connectivity index (χ0v) is 10.6. The summed E-state index contributed by atoms with van der Waals surface area (Å²) in [5.41, 5.74) is 6.67. The fourth-order valence-electron chi connectivity index (χ4n) is 2.08. The van der Waals surface area contributed by atoms with E-state index in [1.165, 1.54) is 6.42 Å². The minimum absolute atomic E-state index is 0.120. The average molecular weight is 253 g/mol. The van der Waals surface area contributed by atoms with Gasteiger partial charge in [0.1, 0.15) is 0 Å². The van der Waals surface area contributed by atoms with Gasteiger partial charge < -0.3 is 11.1 Å². The molecule has 1 amide bonds. The fourth-order valence-corrected chi connectivity index (χ4v) is 2.28. The molecule has 1 aromatic rings. The van der Waals surface area contributed by atoms with Gasteiger partial charge in [0.25, 0.3) is 5.91 Å². The Morgan fingerprint density at radius 2 is 2.35 bits per heavy atom. The number of benzene rings is 1. The molecule has 92 valence electrons. The molecule has 0 saturated heterocycles. The molecule has 4 heteroatoms. The van der Waals surface area contributed by atoms with Crippen molar-refractivity contribution < 1.29 is 4.79 Å². The molecular weight excluding hydrogens is 236 g/mol. The van der Waals surface area contributed by atoms with Crippen LogP contribution >= 0.6 is 11.6 Å². The van der Waals surface area contributed by atoms with Crippen molar-refractivity contribution in [2.75, 3.05) is 5.73 Å².